The van der Waals surface area contributed by atoms with E-state index in [4.69, 9.17) is 9.26 Å². The largest absolute Gasteiger partial charge is 0.477 e. The van der Waals surface area contributed by atoms with Crippen LogP contribution in [0.15, 0.2) is 22.9 Å². The van der Waals surface area contributed by atoms with Crippen molar-refractivity contribution in [1.82, 2.24) is 20.4 Å². The standard InChI is InChI=1S/C16H22N4O3S/c1-3-4-8-22-16-13(6-5-7-17-16)9-18-15(21)11-24-10-14-19-12(2)23-20-14/h5-7H,3-4,8-11H2,1-2H3,(H,18,21). The average molecular weight is 350 g/mol. The molecule has 130 valence electrons. The van der Waals surface area contributed by atoms with Gasteiger partial charge in [0.15, 0.2) is 5.82 Å². The topological polar surface area (TPSA) is 90.1 Å². The van der Waals surface area contributed by atoms with Crippen molar-refractivity contribution in [1.29, 1.82) is 0 Å². The van der Waals surface area contributed by atoms with Gasteiger partial charge in [0.1, 0.15) is 0 Å². The second-order valence-corrected chi connectivity index (χ2v) is 6.15. The summed E-state index contributed by atoms with van der Waals surface area (Å²) >= 11 is 1.44. The molecule has 0 saturated heterocycles. The number of carbonyl (C=O) groups is 1. The quantitative estimate of drug-likeness (QED) is 0.658. The summed E-state index contributed by atoms with van der Waals surface area (Å²) in [6.07, 6.45) is 3.74. The summed E-state index contributed by atoms with van der Waals surface area (Å²) in [5, 5.41) is 6.67. The van der Waals surface area contributed by atoms with Gasteiger partial charge in [0.05, 0.1) is 18.1 Å². The van der Waals surface area contributed by atoms with Crippen molar-refractivity contribution >= 4 is 17.7 Å². The van der Waals surface area contributed by atoms with E-state index in [0.717, 1.165) is 18.4 Å². The van der Waals surface area contributed by atoms with Crippen LogP contribution in [0.4, 0.5) is 0 Å². The Morgan fingerprint density at radius 1 is 1.46 bits per heavy atom. The summed E-state index contributed by atoms with van der Waals surface area (Å²) in [7, 11) is 0. The molecule has 24 heavy (non-hydrogen) atoms. The fourth-order valence-electron chi connectivity index (χ4n) is 1.88. The highest BCUT2D eigenvalue weighted by Gasteiger charge is 2.08. The fourth-order valence-corrected chi connectivity index (χ4v) is 2.57. The van der Waals surface area contributed by atoms with E-state index in [0.29, 0.717) is 42.3 Å². The Balaban J connectivity index is 1.73. The van der Waals surface area contributed by atoms with Gasteiger partial charge in [-0.25, -0.2) is 4.98 Å². The van der Waals surface area contributed by atoms with Gasteiger partial charge in [-0.2, -0.15) is 4.98 Å². The third-order valence-electron chi connectivity index (χ3n) is 3.10. The number of ether oxygens (including phenoxy) is 1. The molecule has 0 spiro atoms. The lowest BCUT2D eigenvalue weighted by molar-refractivity contribution is -0.118. The lowest BCUT2D eigenvalue weighted by Crippen LogP contribution is -2.25. The number of hydrogen-bond donors (Lipinski definition) is 1. The molecule has 2 aromatic heterocycles. The zero-order valence-corrected chi connectivity index (χ0v) is 14.8. The van der Waals surface area contributed by atoms with Crippen LogP contribution in [0.1, 0.15) is 37.0 Å². The molecule has 0 fully saturated rings. The van der Waals surface area contributed by atoms with Crippen LogP contribution in [0.25, 0.3) is 0 Å². The van der Waals surface area contributed by atoms with E-state index in [1.165, 1.54) is 11.8 Å². The molecule has 0 aromatic carbocycles. The maximum Gasteiger partial charge on any atom is 0.230 e. The zero-order chi connectivity index (χ0) is 17.2. The summed E-state index contributed by atoms with van der Waals surface area (Å²) in [6, 6.07) is 3.74. The number of rotatable bonds is 10. The van der Waals surface area contributed by atoms with E-state index >= 15 is 0 Å². The summed E-state index contributed by atoms with van der Waals surface area (Å²) < 4.78 is 10.5. The lowest BCUT2D eigenvalue weighted by atomic mass is 10.2. The number of carbonyl (C=O) groups excluding carboxylic acids is 1. The zero-order valence-electron chi connectivity index (χ0n) is 13.9. The first kappa shape index (κ1) is 18.3. The SMILES string of the molecule is CCCCOc1ncccc1CNC(=O)CSCc1noc(C)n1. The molecule has 2 heterocycles. The van der Waals surface area contributed by atoms with Crippen LogP contribution in [0.3, 0.4) is 0 Å². The van der Waals surface area contributed by atoms with Crippen molar-refractivity contribution in [2.45, 2.75) is 39.0 Å². The Kier molecular flexibility index (Phi) is 7.54. The van der Waals surface area contributed by atoms with Gasteiger partial charge < -0.3 is 14.6 Å². The van der Waals surface area contributed by atoms with Gasteiger partial charge in [0, 0.05) is 25.2 Å². The molecule has 8 heteroatoms. The van der Waals surface area contributed by atoms with Crippen LogP contribution in [0.5, 0.6) is 5.88 Å². The van der Waals surface area contributed by atoms with Gasteiger partial charge in [0.25, 0.3) is 0 Å². The van der Waals surface area contributed by atoms with Gasteiger partial charge in [-0.3, -0.25) is 4.79 Å². The van der Waals surface area contributed by atoms with E-state index in [-0.39, 0.29) is 5.91 Å². The fraction of sp³-hybridized carbons (Fsp3) is 0.500. The number of hydrogen-bond acceptors (Lipinski definition) is 7. The van der Waals surface area contributed by atoms with Gasteiger partial charge in [-0.15, -0.1) is 11.8 Å². The van der Waals surface area contributed by atoms with Crippen molar-refractivity contribution in [3.63, 3.8) is 0 Å². The third-order valence-corrected chi connectivity index (χ3v) is 4.03. The third kappa shape index (κ3) is 6.19. The smallest absolute Gasteiger partial charge is 0.230 e. The number of aryl methyl sites for hydroxylation is 1. The van der Waals surface area contributed by atoms with Crippen molar-refractivity contribution in [3.8, 4) is 5.88 Å². The van der Waals surface area contributed by atoms with Crippen molar-refractivity contribution < 1.29 is 14.1 Å². The molecular weight excluding hydrogens is 328 g/mol. The Labute approximate surface area is 145 Å². The summed E-state index contributed by atoms with van der Waals surface area (Å²) in [4.78, 5) is 20.2. The van der Waals surface area contributed by atoms with Crippen LogP contribution in [0.2, 0.25) is 0 Å². The first-order valence-corrected chi connectivity index (χ1v) is 9.04. The molecule has 0 bridgehead atoms. The van der Waals surface area contributed by atoms with Crippen LogP contribution in [0, 0.1) is 6.92 Å². The van der Waals surface area contributed by atoms with E-state index in [1.807, 2.05) is 12.1 Å². The first-order chi connectivity index (χ1) is 11.7. The Morgan fingerprint density at radius 2 is 2.33 bits per heavy atom. The molecule has 0 saturated carbocycles. The second kappa shape index (κ2) is 9.92. The van der Waals surface area contributed by atoms with E-state index < -0.39 is 0 Å². The molecule has 7 nitrogen and oxygen atoms in total. The Bertz CT molecular complexity index is 648. The van der Waals surface area contributed by atoms with Crippen molar-refractivity contribution in [3.05, 3.63) is 35.6 Å². The Morgan fingerprint density at radius 3 is 3.08 bits per heavy atom. The number of nitrogens with one attached hydrogen (secondary N) is 1. The van der Waals surface area contributed by atoms with Gasteiger partial charge in [0.2, 0.25) is 17.7 Å². The predicted molar refractivity (Wildman–Crippen MR) is 91.7 cm³/mol. The molecule has 0 unspecified atom stereocenters. The molecule has 0 aliphatic rings. The molecule has 0 radical (unpaired) electrons. The summed E-state index contributed by atoms with van der Waals surface area (Å²) in [5.74, 6) is 2.54. The highest BCUT2D eigenvalue weighted by molar-refractivity contribution is 7.99. The summed E-state index contributed by atoms with van der Waals surface area (Å²) in [6.45, 7) is 4.88. The van der Waals surface area contributed by atoms with Crippen LogP contribution >= 0.6 is 11.8 Å². The molecule has 2 aromatic rings. The van der Waals surface area contributed by atoms with E-state index in [2.05, 4.69) is 27.4 Å². The summed E-state index contributed by atoms with van der Waals surface area (Å²) in [5.41, 5.74) is 0.876. The number of pyridine rings is 1. The number of aromatic nitrogens is 3. The average Bonchev–Trinajstić information content (AvgIpc) is 2.99. The van der Waals surface area contributed by atoms with Gasteiger partial charge in [-0.1, -0.05) is 24.6 Å². The highest BCUT2D eigenvalue weighted by atomic mass is 32.2. The minimum Gasteiger partial charge on any atom is -0.477 e. The molecular formula is C16H22N4O3S. The lowest BCUT2D eigenvalue weighted by Gasteiger charge is -2.10. The Hall–Kier alpha value is -2.09. The number of thioether (sulfide) groups is 1. The van der Waals surface area contributed by atoms with E-state index in [1.54, 1.807) is 13.1 Å². The molecule has 0 aliphatic heterocycles. The molecule has 0 aliphatic carbocycles. The number of nitrogens with zero attached hydrogens (tertiary/aromatic N) is 3. The van der Waals surface area contributed by atoms with Gasteiger partial charge >= 0.3 is 0 Å². The minimum absolute atomic E-state index is 0.0522. The van der Waals surface area contributed by atoms with Crippen molar-refractivity contribution in [2.24, 2.45) is 0 Å². The first-order valence-electron chi connectivity index (χ1n) is 7.89. The monoisotopic (exact) mass is 350 g/mol. The van der Waals surface area contributed by atoms with Crippen LogP contribution in [-0.2, 0) is 17.1 Å². The minimum atomic E-state index is -0.0522. The molecule has 1 amide bonds. The normalized spacial score (nSPS) is 10.6. The van der Waals surface area contributed by atoms with E-state index in [9.17, 15) is 4.79 Å². The second-order valence-electron chi connectivity index (χ2n) is 5.17. The van der Waals surface area contributed by atoms with Gasteiger partial charge in [-0.05, 0) is 12.5 Å². The molecule has 0 atom stereocenters. The number of unbranched alkanes of at least 4 members (excludes halogenated alkanes) is 1. The van der Waals surface area contributed by atoms with Crippen LogP contribution in [-0.4, -0.2) is 33.4 Å². The molecule has 1 N–H and O–H groups in total. The highest BCUT2D eigenvalue weighted by Crippen LogP contribution is 2.15. The van der Waals surface area contributed by atoms with Crippen molar-refractivity contribution in [2.75, 3.05) is 12.4 Å². The van der Waals surface area contributed by atoms with Crippen LogP contribution < -0.4 is 10.1 Å². The maximum absolute atomic E-state index is 11.9. The predicted octanol–water partition coefficient (Wildman–Crippen LogP) is 2.50. The maximum atomic E-state index is 11.9. The number of amides is 1. The molecule has 2 rings (SSSR count).